The third-order valence-corrected chi connectivity index (χ3v) is 5.15. The zero-order valence-electron chi connectivity index (χ0n) is 16.4. The van der Waals surface area contributed by atoms with Crippen LogP contribution in [0.3, 0.4) is 0 Å². The number of carbonyl (C=O) groups is 2. The fraction of sp³-hybridized carbons (Fsp3) is 0.421. The Morgan fingerprint density at radius 1 is 1.43 bits per heavy atom. The van der Waals surface area contributed by atoms with Gasteiger partial charge in [-0.25, -0.2) is 4.79 Å². The first kappa shape index (κ1) is 23.6. The van der Waals surface area contributed by atoms with Crippen molar-refractivity contribution in [1.82, 2.24) is 14.7 Å². The number of carboxylic acids is 1. The number of ether oxygens (including phenoxy) is 1. The van der Waals surface area contributed by atoms with Crippen LogP contribution in [0.2, 0.25) is 0 Å². The zero-order chi connectivity index (χ0) is 22.3. The van der Waals surface area contributed by atoms with E-state index in [0.717, 1.165) is 17.0 Å². The summed E-state index contributed by atoms with van der Waals surface area (Å²) in [6.45, 7) is 3.80. The molecule has 0 aliphatic carbocycles. The second kappa shape index (κ2) is 10.4. The van der Waals surface area contributed by atoms with E-state index in [2.05, 4.69) is 5.10 Å². The maximum absolute atomic E-state index is 12.7. The minimum Gasteiger partial charge on any atom is -0.475 e. The molecule has 2 aromatic rings. The second-order valence-electron chi connectivity index (χ2n) is 6.29. The number of aryl methyl sites for hydroxylation is 1. The van der Waals surface area contributed by atoms with Crippen LogP contribution < -0.4 is 0 Å². The fourth-order valence-corrected chi connectivity index (χ4v) is 3.57. The van der Waals surface area contributed by atoms with Crippen LogP contribution in [0, 0.1) is 0 Å². The Labute approximate surface area is 175 Å². The topological polar surface area (TPSA) is 84.7 Å². The van der Waals surface area contributed by atoms with Crippen molar-refractivity contribution in [3.05, 3.63) is 45.9 Å². The molecule has 30 heavy (non-hydrogen) atoms. The Morgan fingerprint density at radius 3 is 2.70 bits per heavy atom. The summed E-state index contributed by atoms with van der Waals surface area (Å²) in [6.07, 6.45) is 1.19. The molecule has 1 N–H and O–H groups in total. The molecule has 1 amide bonds. The molecule has 3 rings (SSSR count). The van der Waals surface area contributed by atoms with Crippen molar-refractivity contribution in [3.8, 4) is 0 Å². The molecule has 3 heterocycles. The van der Waals surface area contributed by atoms with E-state index in [1.165, 1.54) is 5.56 Å². The quantitative estimate of drug-likeness (QED) is 0.714. The molecule has 0 saturated carbocycles. The highest BCUT2D eigenvalue weighted by molar-refractivity contribution is 7.10. The van der Waals surface area contributed by atoms with E-state index in [1.807, 2.05) is 53.3 Å². The Hall–Kier alpha value is -2.66. The van der Waals surface area contributed by atoms with E-state index in [0.29, 0.717) is 19.8 Å². The zero-order valence-corrected chi connectivity index (χ0v) is 17.2. The largest absolute Gasteiger partial charge is 0.490 e. The minimum atomic E-state index is -5.08. The molecular formula is C19H22F3N3O4S. The Kier molecular flexibility index (Phi) is 8.18. The van der Waals surface area contributed by atoms with Gasteiger partial charge in [-0.15, -0.1) is 11.3 Å². The number of aliphatic carboxylic acids is 1. The van der Waals surface area contributed by atoms with Crippen LogP contribution in [0.25, 0.3) is 6.08 Å². The van der Waals surface area contributed by atoms with Gasteiger partial charge in [0.05, 0.1) is 24.5 Å². The van der Waals surface area contributed by atoms with E-state index in [-0.39, 0.29) is 11.9 Å². The van der Waals surface area contributed by atoms with Gasteiger partial charge in [0.15, 0.2) is 0 Å². The molecule has 1 unspecified atom stereocenters. The monoisotopic (exact) mass is 445 g/mol. The summed E-state index contributed by atoms with van der Waals surface area (Å²) in [6, 6.07) is 3.91. The van der Waals surface area contributed by atoms with Gasteiger partial charge in [0.1, 0.15) is 0 Å². The second-order valence-corrected chi connectivity index (χ2v) is 7.27. The van der Waals surface area contributed by atoms with Gasteiger partial charge in [-0.3, -0.25) is 9.48 Å². The number of hydrogen-bond acceptors (Lipinski definition) is 5. The molecule has 0 bridgehead atoms. The predicted octanol–water partition coefficient (Wildman–Crippen LogP) is 3.29. The predicted molar refractivity (Wildman–Crippen MR) is 105 cm³/mol. The number of fused-ring (bicyclic) bond motifs is 1. The summed E-state index contributed by atoms with van der Waals surface area (Å²) in [5, 5.41) is 13.5. The summed E-state index contributed by atoms with van der Waals surface area (Å²) >= 11 is 1.62. The molecule has 0 aromatic carbocycles. The summed E-state index contributed by atoms with van der Waals surface area (Å²) < 4.78 is 39.2. The van der Waals surface area contributed by atoms with Gasteiger partial charge >= 0.3 is 12.1 Å². The molecule has 0 spiro atoms. The lowest BCUT2D eigenvalue weighted by atomic mass is 10.00. The molecule has 0 radical (unpaired) electrons. The average molecular weight is 445 g/mol. The smallest absolute Gasteiger partial charge is 0.475 e. The van der Waals surface area contributed by atoms with Gasteiger partial charge < -0.3 is 14.7 Å². The van der Waals surface area contributed by atoms with Crippen LogP contribution in [0.5, 0.6) is 0 Å². The SMILES string of the molecule is CCOCC1c2c(cnn2C)CCN1C(=O)/C=C/c1cccs1.O=C(O)C(F)(F)F. The number of carbonyl (C=O) groups excluding carboxylic acids is 1. The molecule has 0 fully saturated rings. The fourth-order valence-electron chi connectivity index (χ4n) is 2.96. The molecule has 1 aliphatic rings. The lowest BCUT2D eigenvalue weighted by Gasteiger charge is -2.35. The summed E-state index contributed by atoms with van der Waals surface area (Å²) in [7, 11) is 1.92. The number of hydrogen-bond donors (Lipinski definition) is 1. The Morgan fingerprint density at radius 2 is 2.13 bits per heavy atom. The van der Waals surface area contributed by atoms with E-state index >= 15 is 0 Å². The van der Waals surface area contributed by atoms with Gasteiger partial charge in [0.2, 0.25) is 5.91 Å². The number of carboxylic acid groups (broad SMARTS) is 1. The van der Waals surface area contributed by atoms with Gasteiger partial charge in [-0.1, -0.05) is 6.07 Å². The van der Waals surface area contributed by atoms with Crippen LogP contribution in [0.1, 0.15) is 29.1 Å². The van der Waals surface area contributed by atoms with E-state index in [4.69, 9.17) is 14.6 Å². The maximum Gasteiger partial charge on any atom is 0.490 e. The standard InChI is InChI=1S/C17H21N3O2S.C2HF3O2/c1-3-22-12-15-17-13(11-18-19(17)2)8-9-20(15)16(21)7-6-14-5-4-10-23-14;3-2(4,5)1(6)7/h4-7,10-11,15H,3,8-9,12H2,1-2H3;(H,6,7)/b7-6+;. The summed E-state index contributed by atoms with van der Waals surface area (Å²) in [5.74, 6) is -2.73. The molecule has 164 valence electrons. The first-order valence-electron chi connectivity index (χ1n) is 9.06. The highest BCUT2D eigenvalue weighted by Crippen LogP contribution is 2.30. The van der Waals surface area contributed by atoms with Crippen LogP contribution in [0.15, 0.2) is 29.8 Å². The summed E-state index contributed by atoms with van der Waals surface area (Å²) in [4.78, 5) is 24.5. The van der Waals surface area contributed by atoms with Crippen molar-refractivity contribution >= 4 is 29.3 Å². The van der Waals surface area contributed by atoms with Crippen molar-refractivity contribution in [2.45, 2.75) is 25.6 Å². The highest BCUT2D eigenvalue weighted by atomic mass is 32.1. The lowest BCUT2D eigenvalue weighted by Crippen LogP contribution is -2.42. The molecule has 2 aromatic heterocycles. The molecule has 0 saturated heterocycles. The van der Waals surface area contributed by atoms with Crippen LogP contribution >= 0.6 is 11.3 Å². The molecular weight excluding hydrogens is 423 g/mol. The first-order valence-corrected chi connectivity index (χ1v) is 9.93. The van der Waals surface area contributed by atoms with Crippen molar-refractivity contribution in [2.75, 3.05) is 19.8 Å². The highest BCUT2D eigenvalue weighted by Gasteiger charge is 2.38. The average Bonchev–Trinajstić information content (AvgIpc) is 3.34. The van der Waals surface area contributed by atoms with Gasteiger partial charge in [-0.2, -0.15) is 18.3 Å². The molecule has 1 atom stereocenters. The molecule has 11 heteroatoms. The third-order valence-electron chi connectivity index (χ3n) is 4.32. The van der Waals surface area contributed by atoms with Gasteiger partial charge in [0, 0.05) is 31.2 Å². The van der Waals surface area contributed by atoms with Crippen LogP contribution in [-0.4, -0.2) is 57.6 Å². The van der Waals surface area contributed by atoms with E-state index in [1.54, 1.807) is 17.4 Å². The normalized spacial score (nSPS) is 16.2. The lowest BCUT2D eigenvalue weighted by molar-refractivity contribution is -0.192. The number of amides is 1. The minimum absolute atomic E-state index is 0.0231. The van der Waals surface area contributed by atoms with Crippen molar-refractivity contribution < 1.29 is 32.6 Å². The molecule has 1 aliphatic heterocycles. The summed E-state index contributed by atoms with van der Waals surface area (Å²) in [5.41, 5.74) is 2.30. The molecule has 7 nitrogen and oxygen atoms in total. The Balaban J connectivity index is 0.000000396. The number of aromatic nitrogens is 2. The number of halogens is 3. The first-order chi connectivity index (χ1) is 14.1. The van der Waals surface area contributed by atoms with Gasteiger partial charge in [0.25, 0.3) is 0 Å². The van der Waals surface area contributed by atoms with E-state index < -0.39 is 12.1 Å². The van der Waals surface area contributed by atoms with Crippen LogP contribution in [0.4, 0.5) is 13.2 Å². The third kappa shape index (κ3) is 6.17. The number of alkyl halides is 3. The number of nitrogens with zero attached hydrogens (tertiary/aromatic N) is 3. The van der Waals surface area contributed by atoms with Crippen molar-refractivity contribution in [1.29, 1.82) is 0 Å². The number of rotatable bonds is 5. The Bertz CT molecular complexity index is 878. The maximum atomic E-state index is 12.7. The van der Waals surface area contributed by atoms with E-state index in [9.17, 15) is 18.0 Å². The number of thiophene rings is 1. The van der Waals surface area contributed by atoms with Crippen LogP contribution in [-0.2, 0) is 27.8 Å². The van der Waals surface area contributed by atoms with Crippen molar-refractivity contribution in [3.63, 3.8) is 0 Å². The van der Waals surface area contributed by atoms with Gasteiger partial charge in [-0.05, 0) is 36.4 Å². The van der Waals surface area contributed by atoms with Crippen molar-refractivity contribution in [2.24, 2.45) is 7.05 Å².